The normalized spacial score (nSPS) is 11.4. The number of fused-ring (bicyclic) bond motifs is 1. The molecule has 0 atom stereocenters. The highest BCUT2D eigenvalue weighted by atomic mass is 15.3. The lowest BCUT2D eigenvalue weighted by molar-refractivity contribution is 0.692. The molecule has 0 radical (unpaired) electrons. The first kappa shape index (κ1) is 13.8. The van der Waals surface area contributed by atoms with Gasteiger partial charge in [0, 0.05) is 24.4 Å². The molecule has 2 aromatic rings. The summed E-state index contributed by atoms with van der Waals surface area (Å²) in [5.74, 6) is 1.45. The van der Waals surface area contributed by atoms with Crippen LogP contribution in [0.15, 0.2) is 18.3 Å². The summed E-state index contributed by atoms with van der Waals surface area (Å²) in [6.45, 7) is 6.34. The first-order valence-corrected chi connectivity index (χ1v) is 6.95. The van der Waals surface area contributed by atoms with E-state index in [0.29, 0.717) is 5.92 Å². The average molecular weight is 261 g/mol. The van der Waals surface area contributed by atoms with Crippen LogP contribution in [0, 0.1) is 0 Å². The van der Waals surface area contributed by atoms with Crippen LogP contribution >= 0.6 is 0 Å². The van der Waals surface area contributed by atoms with Gasteiger partial charge in [-0.3, -0.25) is 0 Å². The van der Waals surface area contributed by atoms with E-state index in [4.69, 9.17) is 0 Å². The minimum Gasteiger partial charge on any atom is -0.370 e. The lowest BCUT2D eigenvalue weighted by Crippen LogP contribution is -2.12. The number of anilines is 1. The second-order valence-electron chi connectivity index (χ2n) is 5.06. The monoisotopic (exact) mass is 261 g/mol. The highest BCUT2D eigenvalue weighted by Crippen LogP contribution is 2.18. The van der Waals surface area contributed by atoms with Crippen LogP contribution in [-0.2, 0) is 0 Å². The molecule has 0 bridgehead atoms. The summed E-state index contributed by atoms with van der Waals surface area (Å²) in [5, 5.41) is 10.9. The Balaban J connectivity index is 2.09. The van der Waals surface area contributed by atoms with Crippen LogP contribution in [-0.4, -0.2) is 34.7 Å². The van der Waals surface area contributed by atoms with Crippen molar-refractivity contribution in [3.63, 3.8) is 0 Å². The maximum Gasteiger partial charge on any atom is 0.157 e. The third-order valence-electron chi connectivity index (χ3n) is 3.13. The largest absolute Gasteiger partial charge is 0.370 e. The maximum absolute atomic E-state index is 4.60. The molecule has 104 valence electrons. The lowest BCUT2D eigenvalue weighted by atomic mass is 10.1. The van der Waals surface area contributed by atoms with Crippen molar-refractivity contribution in [2.24, 2.45) is 0 Å². The number of hydrogen-bond acceptors (Lipinski definition) is 4. The molecule has 0 spiro atoms. The van der Waals surface area contributed by atoms with Crippen molar-refractivity contribution in [3.05, 3.63) is 24.0 Å². The van der Waals surface area contributed by atoms with Crippen LogP contribution in [0.1, 0.15) is 38.3 Å². The molecule has 2 aromatic heterocycles. The minimum atomic E-state index is 0.421. The van der Waals surface area contributed by atoms with Gasteiger partial charge in [0.25, 0.3) is 0 Å². The highest BCUT2D eigenvalue weighted by molar-refractivity contribution is 5.49. The number of rotatable bonds is 7. The third kappa shape index (κ3) is 3.44. The molecule has 0 aliphatic carbocycles. The van der Waals surface area contributed by atoms with Crippen molar-refractivity contribution in [2.75, 3.05) is 25.5 Å². The van der Waals surface area contributed by atoms with Gasteiger partial charge in [0.15, 0.2) is 5.65 Å². The molecule has 5 heteroatoms. The highest BCUT2D eigenvalue weighted by Gasteiger charge is 2.08. The minimum absolute atomic E-state index is 0.421. The van der Waals surface area contributed by atoms with E-state index in [0.717, 1.165) is 36.7 Å². The van der Waals surface area contributed by atoms with Gasteiger partial charge >= 0.3 is 0 Å². The molecule has 19 heavy (non-hydrogen) atoms. The Labute approximate surface area is 114 Å². The lowest BCUT2D eigenvalue weighted by Gasteiger charge is -2.12. The smallest absolute Gasteiger partial charge is 0.157 e. The van der Waals surface area contributed by atoms with Gasteiger partial charge in [0.2, 0.25) is 0 Å². The zero-order chi connectivity index (χ0) is 13.7. The van der Waals surface area contributed by atoms with E-state index in [2.05, 4.69) is 40.6 Å². The number of hydrogen-bond donors (Lipinski definition) is 2. The van der Waals surface area contributed by atoms with Crippen LogP contribution in [0.3, 0.4) is 0 Å². The molecule has 0 saturated carbocycles. The Morgan fingerprint density at radius 2 is 2.05 bits per heavy atom. The molecule has 0 fully saturated rings. The molecule has 0 aliphatic rings. The van der Waals surface area contributed by atoms with Crippen molar-refractivity contribution in [1.29, 1.82) is 0 Å². The molecular formula is C14H23N5. The Morgan fingerprint density at radius 1 is 1.26 bits per heavy atom. The first-order valence-electron chi connectivity index (χ1n) is 6.95. The summed E-state index contributed by atoms with van der Waals surface area (Å²) in [4.78, 5) is 4.60. The van der Waals surface area contributed by atoms with E-state index in [9.17, 15) is 0 Å². The topological polar surface area (TPSA) is 54.2 Å². The second kappa shape index (κ2) is 6.52. The van der Waals surface area contributed by atoms with Crippen molar-refractivity contribution in [3.8, 4) is 0 Å². The predicted octanol–water partition coefficient (Wildman–Crippen LogP) is 2.26. The number of unbranched alkanes of at least 4 members (excludes halogenated alkanes) is 1. The average Bonchev–Trinajstić information content (AvgIpc) is 2.86. The van der Waals surface area contributed by atoms with E-state index in [-0.39, 0.29) is 0 Å². The van der Waals surface area contributed by atoms with E-state index < -0.39 is 0 Å². The van der Waals surface area contributed by atoms with Gasteiger partial charge in [-0.2, -0.15) is 9.61 Å². The van der Waals surface area contributed by atoms with Crippen LogP contribution in [0.4, 0.5) is 5.82 Å². The number of nitrogens with zero attached hydrogens (tertiary/aromatic N) is 3. The quantitative estimate of drug-likeness (QED) is 0.751. The zero-order valence-electron chi connectivity index (χ0n) is 12.0. The van der Waals surface area contributed by atoms with Gasteiger partial charge in [-0.1, -0.05) is 13.8 Å². The van der Waals surface area contributed by atoms with E-state index in [1.165, 1.54) is 6.42 Å². The van der Waals surface area contributed by atoms with Crippen LogP contribution in [0.25, 0.3) is 5.65 Å². The molecule has 2 rings (SSSR count). The van der Waals surface area contributed by atoms with Crippen molar-refractivity contribution in [1.82, 2.24) is 19.9 Å². The van der Waals surface area contributed by atoms with E-state index in [1.807, 2.05) is 17.6 Å². The Bertz CT molecular complexity index is 518. The maximum atomic E-state index is 4.60. The molecule has 5 nitrogen and oxygen atoms in total. The summed E-state index contributed by atoms with van der Waals surface area (Å²) >= 11 is 0. The zero-order valence-corrected chi connectivity index (χ0v) is 12.0. The van der Waals surface area contributed by atoms with Gasteiger partial charge in [0.1, 0.15) is 5.82 Å². The fourth-order valence-corrected chi connectivity index (χ4v) is 2.00. The van der Waals surface area contributed by atoms with Crippen molar-refractivity contribution < 1.29 is 0 Å². The van der Waals surface area contributed by atoms with Gasteiger partial charge in [-0.25, -0.2) is 4.98 Å². The number of aromatic nitrogens is 3. The fourth-order valence-electron chi connectivity index (χ4n) is 2.00. The molecular weight excluding hydrogens is 238 g/mol. The van der Waals surface area contributed by atoms with E-state index >= 15 is 0 Å². The Kier molecular flexibility index (Phi) is 4.74. The van der Waals surface area contributed by atoms with Gasteiger partial charge < -0.3 is 10.6 Å². The van der Waals surface area contributed by atoms with Crippen molar-refractivity contribution in [2.45, 2.75) is 32.6 Å². The van der Waals surface area contributed by atoms with Crippen molar-refractivity contribution >= 4 is 11.5 Å². The Hall–Kier alpha value is -1.62. The molecule has 0 unspecified atom stereocenters. The molecule has 0 amide bonds. The molecule has 0 aromatic carbocycles. The Morgan fingerprint density at radius 3 is 2.79 bits per heavy atom. The fraction of sp³-hybridized carbons (Fsp3) is 0.571. The van der Waals surface area contributed by atoms with Gasteiger partial charge in [-0.05, 0) is 32.4 Å². The van der Waals surface area contributed by atoms with Gasteiger partial charge in [0.05, 0.1) is 6.20 Å². The summed E-state index contributed by atoms with van der Waals surface area (Å²) < 4.78 is 1.87. The first-order chi connectivity index (χ1) is 9.22. The van der Waals surface area contributed by atoms with Crippen LogP contribution in [0.5, 0.6) is 0 Å². The summed E-state index contributed by atoms with van der Waals surface area (Å²) in [5.41, 5.74) is 2.01. The van der Waals surface area contributed by atoms with Crippen LogP contribution in [0.2, 0.25) is 0 Å². The van der Waals surface area contributed by atoms with Crippen LogP contribution < -0.4 is 10.6 Å². The summed E-state index contributed by atoms with van der Waals surface area (Å²) in [6.07, 6.45) is 4.11. The summed E-state index contributed by atoms with van der Waals surface area (Å²) in [6, 6.07) is 4.04. The van der Waals surface area contributed by atoms with E-state index in [1.54, 1.807) is 6.20 Å². The third-order valence-corrected chi connectivity index (χ3v) is 3.13. The summed E-state index contributed by atoms with van der Waals surface area (Å²) in [7, 11) is 1.98. The predicted molar refractivity (Wildman–Crippen MR) is 78.7 cm³/mol. The molecule has 0 aliphatic heterocycles. The van der Waals surface area contributed by atoms with Gasteiger partial charge in [-0.15, -0.1) is 0 Å². The standard InChI is InChI=1S/C14H23N5/c1-11(2)12-10-14(16-8-5-4-7-15-3)19-13(18-12)6-9-17-19/h6,9-11,15-16H,4-5,7-8H2,1-3H3. The number of nitrogens with one attached hydrogen (secondary N) is 2. The molecule has 2 N–H and O–H groups in total. The molecule has 2 heterocycles. The second-order valence-corrected chi connectivity index (χ2v) is 5.06. The molecule has 0 saturated heterocycles. The SMILES string of the molecule is CNCCCCNc1cc(C(C)C)nc2ccnn12.